The quantitative estimate of drug-likeness (QED) is 0.824. The van der Waals surface area contributed by atoms with E-state index in [1.54, 1.807) is 11.8 Å². The molecule has 0 aliphatic rings. The Balaban J connectivity index is 2.17. The third-order valence-corrected chi connectivity index (χ3v) is 4.06. The average Bonchev–Trinajstić information content (AvgIpc) is 2.43. The van der Waals surface area contributed by atoms with Gasteiger partial charge in [0.1, 0.15) is 0 Å². The van der Waals surface area contributed by atoms with Crippen LogP contribution in [0.25, 0.3) is 0 Å². The Morgan fingerprint density at radius 3 is 2.26 bits per heavy atom. The Hall–Kier alpha value is -1.61. The molecule has 0 heterocycles. The summed E-state index contributed by atoms with van der Waals surface area (Å²) in [5.41, 5.74) is 7.79. The molecule has 19 heavy (non-hydrogen) atoms. The maximum atomic E-state index is 5.70. The van der Waals surface area contributed by atoms with E-state index in [9.17, 15) is 0 Å². The molecule has 2 aromatic carbocycles. The van der Waals surface area contributed by atoms with Crippen LogP contribution < -0.4 is 10.6 Å². The molecule has 0 saturated carbocycles. The second-order valence-corrected chi connectivity index (χ2v) is 5.49. The van der Waals surface area contributed by atoms with Gasteiger partial charge in [0.25, 0.3) is 0 Å². The number of benzene rings is 2. The van der Waals surface area contributed by atoms with Gasteiger partial charge in [0.15, 0.2) is 0 Å². The molecule has 0 amide bonds. The van der Waals surface area contributed by atoms with Crippen molar-refractivity contribution in [1.82, 2.24) is 0 Å². The van der Waals surface area contributed by atoms with Crippen molar-refractivity contribution in [3.63, 3.8) is 0 Å². The lowest BCUT2D eigenvalue weighted by molar-refractivity contribution is 0.864. The highest BCUT2D eigenvalue weighted by molar-refractivity contribution is 7.99. The van der Waals surface area contributed by atoms with E-state index in [1.807, 2.05) is 12.1 Å². The lowest BCUT2D eigenvalue weighted by atomic mass is 10.3. The van der Waals surface area contributed by atoms with E-state index in [1.165, 1.54) is 15.5 Å². The molecule has 0 aliphatic heterocycles. The molecule has 0 radical (unpaired) electrons. The van der Waals surface area contributed by atoms with Crippen molar-refractivity contribution in [3.05, 3.63) is 48.5 Å². The summed E-state index contributed by atoms with van der Waals surface area (Å²) < 4.78 is 0. The van der Waals surface area contributed by atoms with Crippen molar-refractivity contribution in [1.29, 1.82) is 0 Å². The van der Waals surface area contributed by atoms with Crippen molar-refractivity contribution in [2.45, 2.75) is 23.6 Å². The summed E-state index contributed by atoms with van der Waals surface area (Å²) in [4.78, 5) is 4.83. The Kier molecular flexibility index (Phi) is 4.74. The lowest BCUT2D eigenvalue weighted by Gasteiger charge is -2.21. The van der Waals surface area contributed by atoms with Crippen LogP contribution in [-0.2, 0) is 0 Å². The van der Waals surface area contributed by atoms with E-state index >= 15 is 0 Å². The maximum absolute atomic E-state index is 5.70. The third kappa shape index (κ3) is 3.67. The van der Waals surface area contributed by atoms with Gasteiger partial charge < -0.3 is 10.6 Å². The highest BCUT2D eigenvalue weighted by Gasteiger charge is 2.03. The molecule has 0 saturated heterocycles. The fourth-order valence-corrected chi connectivity index (χ4v) is 2.88. The van der Waals surface area contributed by atoms with Gasteiger partial charge in [0.05, 0.1) is 0 Å². The first-order valence-electron chi connectivity index (χ1n) is 6.61. The van der Waals surface area contributed by atoms with Gasteiger partial charge in [0, 0.05) is 34.3 Å². The lowest BCUT2D eigenvalue weighted by Crippen LogP contribution is -2.21. The van der Waals surface area contributed by atoms with Gasteiger partial charge in [-0.1, -0.05) is 17.8 Å². The summed E-state index contributed by atoms with van der Waals surface area (Å²) in [6.45, 7) is 6.44. The van der Waals surface area contributed by atoms with Crippen LogP contribution in [0.5, 0.6) is 0 Å². The van der Waals surface area contributed by atoms with Crippen LogP contribution in [-0.4, -0.2) is 13.1 Å². The summed E-state index contributed by atoms with van der Waals surface area (Å²) in [6, 6.07) is 16.7. The number of nitrogens with zero attached hydrogens (tertiary/aromatic N) is 1. The van der Waals surface area contributed by atoms with Gasteiger partial charge >= 0.3 is 0 Å². The van der Waals surface area contributed by atoms with E-state index < -0.39 is 0 Å². The topological polar surface area (TPSA) is 29.3 Å². The minimum absolute atomic E-state index is 0.807. The van der Waals surface area contributed by atoms with Crippen molar-refractivity contribution >= 4 is 23.1 Å². The van der Waals surface area contributed by atoms with E-state index in [0.29, 0.717) is 0 Å². The largest absolute Gasteiger partial charge is 0.399 e. The van der Waals surface area contributed by atoms with E-state index in [0.717, 1.165) is 18.8 Å². The normalized spacial score (nSPS) is 10.4. The van der Waals surface area contributed by atoms with Crippen molar-refractivity contribution in [2.75, 3.05) is 23.7 Å². The molecule has 2 aromatic rings. The molecule has 0 spiro atoms. The Labute approximate surface area is 119 Å². The predicted octanol–water partition coefficient (Wildman–Crippen LogP) is 4.27. The van der Waals surface area contributed by atoms with Crippen LogP contribution in [0.2, 0.25) is 0 Å². The van der Waals surface area contributed by atoms with Gasteiger partial charge in [-0.2, -0.15) is 0 Å². The fourth-order valence-electron chi connectivity index (χ4n) is 2.00. The number of nitrogens with two attached hydrogens (primary N) is 1. The molecule has 2 rings (SSSR count). The zero-order valence-electron chi connectivity index (χ0n) is 11.5. The van der Waals surface area contributed by atoms with Gasteiger partial charge in [-0.05, 0) is 56.3 Å². The van der Waals surface area contributed by atoms with Crippen molar-refractivity contribution in [2.24, 2.45) is 0 Å². The number of hydrogen-bond donors (Lipinski definition) is 1. The summed E-state index contributed by atoms with van der Waals surface area (Å²) in [7, 11) is 0. The van der Waals surface area contributed by atoms with E-state index in [4.69, 9.17) is 5.73 Å². The maximum Gasteiger partial charge on any atom is 0.0377 e. The highest BCUT2D eigenvalue weighted by atomic mass is 32.2. The first-order chi connectivity index (χ1) is 9.22. The Morgan fingerprint density at radius 1 is 0.947 bits per heavy atom. The molecule has 0 aromatic heterocycles. The second-order valence-electron chi connectivity index (χ2n) is 4.34. The molecule has 2 N–H and O–H groups in total. The van der Waals surface area contributed by atoms with Crippen LogP contribution in [0.1, 0.15) is 13.8 Å². The number of anilines is 2. The molecule has 0 fully saturated rings. The summed E-state index contributed by atoms with van der Waals surface area (Å²) >= 11 is 1.77. The second kappa shape index (κ2) is 6.53. The minimum atomic E-state index is 0.807. The summed E-state index contributed by atoms with van der Waals surface area (Å²) in [5, 5.41) is 0. The van der Waals surface area contributed by atoms with Crippen LogP contribution >= 0.6 is 11.8 Å². The standard InChI is InChI=1S/C16H20N2S/c1-3-18(4-2)14-6-5-7-16(12-14)19-15-10-8-13(17)9-11-15/h5-12H,3-4,17H2,1-2H3. The van der Waals surface area contributed by atoms with E-state index in [-0.39, 0.29) is 0 Å². The first kappa shape index (κ1) is 13.8. The van der Waals surface area contributed by atoms with Gasteiger partial charge in [0.2, 0.25) is 0 Å². The third-order valence-electron chi connectivity index (χ3n) is 3.06. The van der Waals surface area contributed by atoms with Gasteiger partial charge in [-0.15, -0.1) is 0 Å². The molecule has 2 nitrogen and oxygen atoms in total. The van der Waals surface area contributed by atoms with Crippen LogP contribution in [0.15, 0.2) is 58.3 Å². The molecule has 100 valence electrons. The first-order valence-corrected chi connectivity index (χ1v) is 7.43. The minimum Gasteiger partial charge on any atom is -0.399 e. The van der Waals surface area contributed by atoms with Crippen LogP contribution in [0, 0.1) is 0 Å². The van der Waals surface area contributed by atoms with E-state index in [2.05, 4.69) is 55.1 Å². The number of nitrogen functional groups attached to an aromatic ring is 1. The summed E-state index contributed by atoms with van der Waals surface area (Å²) in [5.74, 6) is 0. The molecule has 0 aliphatic carbocycles. The highest BCUT2D eigenvalue weighted by Crippen LogP contribution is 2.30. The predicted molar refractivity (Wildman–Crippen MR) is 85.0 cm³/mol. The fraction of sp³-hybridized carbons (Fsp3) is 0.250. The molecule has 3 heteroatoms. The van der Waals surface area contributed by atoms with Crippen molar-refractivity contribution < 1.29 is 0 Å². The molecule has 0 atom stereocenters. The Morgan fingerprint density at radius 2 is 1.63 bits per heavy atom. The Bertz CT molecular complexity index is 519. The number of rotatable bonds is 5. The monoisotopic (exact) mass is 272 g/mol. The zero-order chi connectivity index (χ0) is 13.7. The van der Waals surface area contributed by atoms with Crippen LogP contribution in [0.3, 0.4) is 0 Å². The summed E-state index contributed by atoms with van der Waals surface area (Å²) in [6.07, 6.45) is 0. The molecule has 0 bridgehead atoms. The number of hydrogen-bond acceptors (Lipinski definition) is 3. The van der Waals surface area contributed by atoms with Gasteiger partial charge in [-0.3, -0.25) is 0 Å². The molecular weight excluding hydrogens is 252 g/mol. The van der Waals surface area contributed by atoms with Gasteiger partial charge in [-0.25, -0.2) is 0 Å². The van der Waals surface area contributed by atoms with Crippen LogP contribution in [0.4, 0.5) is 11.4 Å². The van der Waals surface area contributed by atoms with Crippen molar-refractivity contribution in [3.8, 4) is 0 Å². The smallest absolute Gasteiger partial charge is 0.0377 e. The SMILES string of the molecule is CCN(CC)c1cccc(Sc2ccc(N)cc2)c1. The molecule has 0 unspecified atom stereocenters. The average molecular weight is 272 g/mol. The molecular formula is C16H20N2S. The zero-order valence-corrected chi connectivity index (χ0v) is 12.3.